The Morgan fingerprint density at radius 1 is 1.24 bits per heavy atom. The predicted octanol–water partition coefficient (Wildman–Crippen LogP) is 2.92. The lowest BCUT2D eigenvalue weighted by Gasteiger charge is -2.47. The van der Waals surface area contributed by atoms with Gasteiger partial charge in [-0.25, -0.2) is 9.86 Å². The monoisotopic (exact) mass is 348 g/mol. The van der Waals surface area contributed by atoms with Gasteiger partial charge in [-0.2, -0.15) is 0 Å². The van der Waals surface area contributed by atoms with Gasteiger partial charge in [-0.15, -0.1) is 0 Å². The molecule has 0 atom stereocenters. The Morgan fingerprint density at radius 3 is 2.36 bits per heavy atom. The summed E-state index contributed by atoms with van der Waals surface area (Å²) in [6.45, 7) is 5.70. The van der Waals surface area contributed by atoms with E-state index in [0.29, 0.717) is 19.3 Å². The van der Waals surface area contributed by atoms with Gasteiger partial charge >= 0.3 is 6.09 Å². The second-order valence-electron chi connectivity index (χ2n) is 7.73. The van der Waals surface area contributed by atoms with Gasteiger partial charge in [0.05, 0.1) is 7.11 Å². The van der Waals surface area contributed by atoms with Gasteiger partial charge in [0.15, 0.2) is 0 Å². The Morgan fingerprint density at radius 2 is 1.84 bits per heavy atom. The number of hydroxylamine groups is 2. The van der Waals surface area contributed by atoms with Crippen LogP contribution < -0.4 is 5.32 Å². The van der Waals surface area contributed by atoms with Gasteiger partial charge in [-0.05, 0) is 39.2 Å². The third-order valence-electron chi connectivity index (χ3n) is 4.33. The first-order chi connectivity index (χ1) is 11.6. The maximum Gasteiger partial charge on any atom is 0.408 e. The van der Waals surface area contributed by atoms with Crippen molar-refractivity contribution in [1.29, 1.82) is 0 Å². The summed E-state index contributed by atoms with van der Waals surface area (Å²) < 4.78 is 5.79. The Balaban J connectivity index is 2.09. The molecule has 0 bridgehead atoms. The Hall–Kier alpha value is -2.08. The minimum absolute atomic E-state index is 0.0917. The number of amides is 2. The number of hydrogen-bond acceptors (Lipinski definition) is 4. The van der Waals surface area contributed by atoms with Gasteiger partial charge in [-0.3, -0.25) is 9.63 Å². The van der Waals surface area contributed by atoms with Gasteiger partial charge in [0.25, 0.3) is 0 Å². The molecule has 0 unspecified atom stereocenters. The van der Waals surface area contributed by atoms with E-state index in [4.69, 9.17) is 9.57 Å². The molecule has 0 spiro atoms. The van der Waals surface area contributed by atoms with Crippen molar-refractivity contribution >= 4 is 12.0 Å². The number of carbonyl (C=O) groups is 2. The van der Waals surface area contributed by atoms with E-state index in [-0.39, 0.29) is 17.4 Å². The molecule has 2 rings (SSSR count). The van der Waals surface area contributed by atoms with E-state index >= 15 is 0 Å². The predicted molar refractivity (Wildman–Crippen MR) is 94.7 cm³/mol. The van der Waals surface area contributed by atoms with Gasteiger partial charge in [0, 0.05) is 24.9 Å². The Kier molecular flexibility index (Phi) is 5.72. The van der Waals surface area contributed by atoms with E-state index in [1.165, 1.54) is 12.2 Å². The minimum atomic E-state index is -0.661. The first-order valence-electron chi connectivity index (χ1n) is 8.51. The van der Waals surface area contributed by atoms with Crippen LogP contribution >= 0.6 is 0 Å². The highest BCUT2D eigenvalue weighted by Crippen LogP contribution is 2.44. The van der Waals surface area contributed by atoms with E-state index in [9.17, 15) is 9.59 Å². The first-order valence-corrected chi connectivity index (χ1v) is 8.51. The van der Waals surface area contributed by atoms with Crippen molar-refractivity contribution in [3.8, 4) is 0 Å². The zero-order valence-electron chi connectivity index (χ0n) is 15.7. The van der Waals surface area contributed by atoms with Crippen LogP contribution in [0, 0.1) is 5.92 Å². The SMILES string of the molecule is CON(C)C(=O)C1CC(Cc2ccccc2)(OC(=O)NC(C)(C)C)C1. The summed E-state index contributed by atoms with van der Waals surface area (Å²) in [7, 11) is 3.05. The van der Waals surface area contributed by atoms with E-state index in [1.807, 2.05) is 51.1 Å². The molecule has 0 aromatic heterocycles. The molecule has 1 aromatic rings. The zero-order valence-corrected chi connectivity index (χ0v) is 15.7. The summed E-state index contributed by atoms with van der Waals surface area (Å²) >= 11 is 0. The molecule has 1 aromatic carbocycles. The summed E-state index contributed by atoms with van der Waals surface area (Å²) in [4.78, 5) is 29.5. The van der Waals surface area contributed by atoms with Crippen molar-refractivity contribution in [2.45, 2.75) is 51.2 Å². The molecular weight excluding hydrogens is 320 g/mol. The smallest absolute Gasteiger partial charge is 0.408 e. The second kappa shape index (κ2) is 7.44. The fourth-order valence-corrected chi connectivity index (χ4v) is 3.12. The Labute approximate surface area is 149 Å². The fraction of sp³-hybridized carbons (Fsp3) is 0.579. The van der Waals surface area contributed by atoms with E-state index in [1.54, 1.807) is 7.05 Å². The lowest BCUT2D eigenvalue weighted by atomic mass is 9.67. The lowest BCUT2D eigenvalue weighted by molar-refractivity contribution is -0.186. The van der Waals surface area contributed by atoms with Gasteiger partial charge in [0.2, 0.25) is 5.91 Å². The molecule has 2 amide bonds. The van der Waals surface area contributed by atoms with Crippen LogP contribution in [0.15, 0.2) is 30.3 Å². The maximum atomic E-state index is 12.3. The maximum absolute atomic E-state index is 12.3. The standard InChI is InChI=1S/C19H28N2O4/c1-18(2,3)20-17(23)25-19(11-14-9-7-6-8-10-14)12-15(13-19)16(22)21(4)24-5/h6-10,15H,11-13H2,1-5H3,(H,20,23). The number of carbonyl (C=O) groups excluding carboxylic acids is 2. The van der Waals surface area contributed by atoms with Crippen LogP contribution in [-0.4, -0.2) is 42.4 Å². The van der Waals surface area contributed by atoms with Crippen LogP contribution in [0.5, 0.6) is 0 Å². The highest BCUT2D eigenvalue weighted by atomic mass is 16.7. The van der Waals surface area contributed by atoms with Crippen molar-refractivity contribution < 1.29 is 19.2 Å². The molecule has 1 aliphatic rings. The summed E-state index contributed by atoms with van der Waals surface area (Å²) in [5.74, 6) is -0.290. The summed E-state index contributed by atoms with van der Waals surface area (Å²) in [6, 6.07) is 9.87. The van der Waals surface area contributed by atoms with E-state index in [2.05, 4.69) is 5.32 Å². The largest absolute Gasteiger partial charge is 0.443 e. The molecule has 0 heterocycles. The highest BCUT2D eigenvalue weighted by Gasteiger charge is 2.51. The molecule has 138 valence electrons. The average Bonchev–Trinajstić information content (AvgIpc) is 2.49. The molecule has 1 aliphatic carbocycles. The van der Waals surface area contributed by atoms with Gasteiger partial charge < -0.3 is 10.1 Å². The minimum Gasteiger partial charge on any atom is -0.443 e. The van der Waals surface area contributed by atoms with Crippen LogP contribution in [0.25, 0.3) is 0 Å². The molecule has 1 N–H and O–H groups in total. The molecule has 0 aliphatic heterocycles. The zero-order chi connectivity index (χ0) is 18.7. The first kappa shape index (κ1) is 19.2. The normalized spacial score (nSPS) is 22.7. The topological polar surface area (TPSA) is 67.9 Å². The number of rotatable bonds is 5. The van der Waals surface area contributed by atoms with Crippen molar-refractivity contribution in [3.63, 3.8) is 0 Å². The molecule has 1 fully saturated rings. The van der Waals surface area contributed by atoms with Gasteiger partial charge in [0.1, 0.15) is 5.60 Å². The third kappa shape index (κ3) is 5.19. The van der Waals surface area contributed by atoms with Crippen LogP contribution in [-0.2, 0) is 20.8 Å². The number of nitrogens with zero attached hydrogens (tertiary/aromatic N) is 1. The summed E-state index contributed by atoms with van der Waals surface area (Å²) in [6.07, 6.45) is 1.12. The van der Waals surface area contributed by atoms with Crippen LogP contribution in [0.1, 0.15) is 39.2 Å². The third-order valence-corrected chi connectivity index (χ3v) is 4.33. The van der Waals surface area contributed by atoms with Crippen molar-refractivity contribution in [1.82, 2.24) is 10.4 Å². The number of benzene rings is 1. The molecule has 0 radical (unpaired) electrons. The quantitative estimate of drug-likeness (QED) is 0.831. The number of alkyl carbamates (subject to hydrolysis) is 1. The molecule has 6 heteroatoms. The summed E-state index contributed by atoms with van der Waals surface area (Å²) in [5, 5.41) is 4.05. The number of nitrogens with one attached hydrogen (secondary N) is 1. The average molecular weight is 348 g/mol. The molecule has 1 saturated carbocycles. The van der Waals surface area contributed by atoms with Crippen molar-refractivity contribution in [3.05, 3.63) is 35.9 Å². The van der Waals surface area contributed by atoms with Crippen LogP contribution in [0.2, 0.25) is 0 Å². The van der Waals surface area contributed by atoms with Crippen LogP contribution in [0.3, 0.4) is 0 Å². The van der Waals surface area contributed by atoms with E-state index in [0.717, 1.165) is 5.56 Å². The fourth-order valence-electron chi connectivity index (χ4n) is 3.12. The summed E-state index contributed by atoms with van der Waals surface area (Å²) in [5.41, 5.74) is 0.0447. The molecule has 25 heavy (non-hydrogen) atoms. The van der Waals surface area contributed by atoms with Crippen molar-refractivity contribution in [2.24, 2.45) is 5.92 Å². The van der Waals surface area contributed by atoms with Crippen molar-refractivity contribution in [2.75, 3.05) is 14.2 Å². The molecular formula is C19H28N2O4. The Bertz CT molecular complexity index is 604. The molecule has 6 nitrogen and oxygen atoms in total. The van der Waals surface area contributed by atoms with E-state index < -0.39 is 11.7 Å². The number of hydrogen-bond donors (Lipinski definition) is 1. The molecule has 0 saturated heterocycles. The lowest BCUT2D eigenvalue weighted by Crippen LogP contribution is -2.56. The number of ether oxygens (including phenoxy) is 1. The highest BCUT2D eigenvalue weighted by molar-refractivity contribution is 5.79. The van der Waals surface area contributed by atoms with Crippen LogP contribution in [0.4, 0.5) is 4.79 Å². The second-order valence-corrected chi connectivity index (χ2v) is 7.73. The van der Waals surface area contributed by atoms with Gasteiger partial charge in [-0.1, -0.05) is 30.3 Å².